The fraction of sp³-hybridized carbons (Fsp3) is 0.286. The fourth-order valence-corrected chi connectivity index (χ4v) is 1.64. The monoisotopic (exact) mass is 274 g/mol. The normalized spacial score (nSPS) is 11.2. The van der Waals surface area contributed by atoms with Crippen LogP contribution in [0.1, 0.15) is 19.4 Å². The number of allylic oxidation sites excluding steroid dienone is 1. The van der Waals surface area contributed by atoms with Crippen molar-refractivity contribution >= 4 is 11.7 Å². The second kappa shape index (κ2) is 7.04. The number of hydrogen-bond donors (Lipinski definition) is 0. The lowest BCUT2D eigenvalue weighted by atomic mass is 10.0. The van der Waals surface area contributed by atoms with E-state index in [0.29, 0.717) is 12.0 Å². The predicted octanol–water partition coefficient (Wildman–Crippen LogP) is 2.89. The molecule has 0 fully saturated rings. The van der Waals surface area contributed by atoms with E-state index in [2.05, 4.69) is 4.85 Å². The van der Waals surface area contributed by atoms with Gasteiger partial charge in [-0.1, -0.05) is 24.6 Å². The van der Waals surface area contributed by atoms with Crippen LogP contribution >= 0.6 is 0 Å². The Kier molecular flexibility index (Phi) is 5.42. The van der Waals surface area contributed by atoms with Gasteiger partial charge < -0.3 is 4.74 Å². The first-order chi connectivity index (χ1) is 9.49. The Balaban J connectivity index is 2.93. The van der Waals surface area contributed by atoms with Crippen molar-refractivity contribution in [3.05, 3.63) is 62.6 Å². The van der Waals surface area contributed by atoms with Gasteiger partial charge in [-0.05, 0) is 18.9 Å². The van der Waals surface area contributed by atoms with Crippen molar-refractivity contribution in [2.24, 2.45) is 0 Å². The van der Waals surface area contributed by atoms with Gasteiger partial charge in [0.25, 0.3) is 11.4 Å². The first kappa shape index (κ1) is 15.4. The number of carbonyl (C=O) groups is 1. The molecule has 1 aromatic carbocycles. The molecule has 0 saturated heterocycles. The highest BCUT2D eigenvalue weighted by molar-refractivity contribution is 5.91. The third kappa shape index (κ3) is 3.92. The molecule has 6 nitrogen and oxygen atoms in total. The van der Waals surface area contributed by atoms with Crippen molar-refractivity contribution in [2.45, 2.75) is 20.3 Å². The third-order valence-electron chi connectivity index (χ3n) is 2.60. The molecule has 0 amide bonds. The minimum Gasteiger partial charge on any atom is -0.471 e. The van der Waals surface area contributed by atoms with Gasteiger partial charge in [-0.2, -0.15) is 0 Å². The summed E-state index contributed by atoms with van der Waals surface area (Å²) in [7, 11) is 0. The number of nitrogens with zero attached hydrogens (tertiary/aromatic N) is 2. The molecule has 1 aromatic rings. The number of nitro benzene ring substituents is 1. The molecule has 104 valence electrons. The SMILES string of the molecule is [C-]#[N+]/C(C(=O)OCC)=C(/C)Cc1ccc([N+](=O)[O-])cc1. The van der Waals surface area contributed by atoms with Gasteiger partial charge in [0.2, 0.25) is 0 Å². The standard InChI is InChI=1S/C14H14N2O4/c1-4-20-14(17)13(15-3)10(2)9-11-5-7-12(8-6-11)16(18)19/h5-8H,4,9H2,1-2H3/b13-10-. The number of carbonyl (C=O) groups excluding carboxylic acids is 1. The zero-order valence-electron chi connectivity index (χ0n) is 11.3. The van der Waals surface area contributed by atoms with E-state index in [9.17, 15) is 14.9 Å². The van der Waals surface area contributed by atoms with Gasteiger partial charge in [-0.25, -0.2) is 4.85 Å². The predicted molar refractivity (Wildman–Crippen MR) is 72.7 cm³/mol. The fourth-order valence-electron chi connectivity index (χ4n) is 1.64. The first-order valence-electron chi connectivity index (χ1n) is 5.97. The molecule has 0 heterocycles. The number of esters is 1. The summed E-state index contributed by atoms with van der Waals surface area (Å²) in [5.74, 6) is -0.637. The van der Waals surface area contributed by atoms with E-state index in [1.54, 1.807) is 26.0 Å². The maximum Gasteiger partial charge on any atom is 0.336 e. The van der Waals surface area contributed by atoms with Crippen LogP contribution in [-0.2, 0) is 16.0 Å². The van der Waals surface area contributed by atoms with Crippen LogP contribution in [0.5, 0.6) is 0 Å². The lowest BCUT2D eigenvalue weighted by Crippen LogP contribution is -2.08. The third-order valence-corrected chi connectivity index (χ3v) is 2.60. The molecule has 0 aliphatic carbocycles. The topological polar surface area (TPSA) is 73.8 Å². The van der Waals surface area contributed by atoms with Gasteiger partial charge in [0, 0.05) is 12.1 Å². The number of hydrogen-bond acceptors (Lipinski definition) is 4. The van der Waals surface area contributed by atoms with Gasteiger partial charge in [0.1, 0.15) is 0 Å². The maximum absolute atomic E-state index is 11.6. The second-order valence-corrected chi connectivity index (χ2v) is 4.06. The quantitative estimate of drug-likeness (QED) is 0.272. The number of benzene rings is 1. The molecule has 0 unspecified atom stereocenters. The molecule has 0 atom stereocenters. The molecule has 1 rings (SSSR count). The molecule has 0 saturated carbocycles. The number of non-ortho nitro benzene ring substituents is 1. The number of ether oxygens (including phenoxy) is 1. The molecule has 0 radical (unpaired) electrons. The summed E-state index contributed by atoms with van der Waals surface area (Å²) in [5.41, 5.74) is 1.34. The highest BCUT2D eigenvalue weighted by Gasteiger charge is 2.15. The highest BCUT2D eigenvalue weighted by atomic mass is 16.6. The molecule has 0 spiro atoms. The Bertz CT molecular complexity index is 582. The van der Waals surface area contributed by atoms with Crippen molar-refractivity contribution in [3.8, 4) is 0 Å². The summed E-state index contributed by atoms with van der Waals surface area (Å²) in [4.78, 5) is 24.8. The van der Waals surface area contributed by atoms with Crippen LogP contribution < -0.4 is 0 Å². The average molecular weight is 274 g/mol. The van der Waals surface area contributed by atoms with Gasteiger partial charge >= 0.3 is 5.97 Å². The van der Waals surface area contributed by atoms with Gasteiger partial charge in [-0.15, -0.1) is 0 Å². The average Bonchev–Trinajstić information content (AvgIpc) is 2.40. The van der Waals surface area contributed by atoms with E-state index in [1.165, 1.54) is 12.1 Å². The molecule has 0 aliphatic heterocycles. The van der Waals surface area contributed by atoms with E-state index in [4.69, 9.17) is 11.3 Å². The van der Waals surface area contributed by atoms with Crippen LogP contribution in [0.15, 0.2) is 35.5 Å². The summed E-state index contributed by atoms with van der Waals surface area (Å²) in [6.45, 7) is 10.6. The summed E-state index contributed by atoms with van der Waals surface area (Å²) >= 11 is 0. The van der Waals surface area contributed by atoms with Crippen LogP contribution in [0.2, 0.25) is 0 Å². The molecular formula is C14H14N2O4. The van der Waals surface area contributed by atoms with Crippen LogP contribution in [0, 0.1) is 16.7 Å². The largest absolute Gasteiger partial charge is 0.471 e. The number of nitro groups is 1. The minimum atomic E-state index is -0.637. The van der Waals surface area contributed by atoms with Crippen molar-refractivity contribution < 1.29 is 14.5 Å². The summed E-state index contributed by atoms with van der Waals surface area (Å²) in [5, 5.41) is 10.5. The Morgan fingerprint density at radius 3 is 2.45 bits per heavy atom. The smallest absolute Gasteiger partial charge is 0.336 e. The lowest BCUT2D eigenvalue weighted by Gasteiger charge is -2.06. The van der Waals surface area contributed by atoms with Crippen LogP contribution in [0.25, 0.3) is 4.85 Å². The molecule has 0 N–H and O–H groups in total. The van der Waals surface area contributed by atoms with Crippen LogP contribution in [0.4, 0.5) is 5.69 Å². The molecule has 0 aliphatic rings. The van der Waals surface area contributed by atoms with Crippen LogP contribution in [-0.4, -0.2) is 17.5 Å². The van der Waals surface area contributed by atoms with Crippen molar-refractivity contribution in [2.75, 3.05) is 6.61 Å². The lowest BCUT2D eigenvalue weighted by molar-refractivity contribution is -0.384. The Hall–Kier alpha value is -2.68. The molecule has 0 aromatic heterocycles. The van der Waals surface area contributed by atoms with E-state index in [-0.39, 0.29) is 18.0 Å². The molecule has 6 heteroatoms. The summed E-state index contributed by atoms with van der Waals surface area (Å²) in [6, 6.07) is 6.00. The maximum atomic E-state index is 11.6. The molecule has 0 bridgehead atoms. The Morgan fingerprint density at radius 2 is 2.00 bits per heavy atom. The van der Waals surface area contributed by atoms with Crippen molar-refractivity contribution in [3.63, 3.8) is 0 Å². The van der Waals surface area contributed by atoms with Gasteiger partial charge in [-0.3, -0.25) is 14.9 Å². The summed E-state index contributed by atoms with van der Waals surface area (Å²) in [6.07, 6.45) is 0.370. The van der Waals surface area contributed by atoms with E-state index in [0.717, 1.165) is 5.56 Å². The van der Waals surface area contributed by atoms with E-state index in [1.807, 2.05) is 0 Å². The van der Waals surface area contributed by atoms with Gasteiger partial charge in [0.05, 0.1) is 18.1 Å². The zero-order chi connectivity index (χ0) is 15.1. The molecule has 20 heavy (non-hydrogen) atoms. The minimum absolute atomic E-state index is 0.00572. The highest BCUT2D eigenvalue weighted by Crippen LogP contribution is 2.17. The molecular weight excluding hydrogens is 260 g/mol. The zero-order valence-corrected chi connectivity index (χ0v) is 11.3. The van der Waals surface area contributed by atoms with Crippen LogP contribution in [0.3, 0.4) is 0 Å². The van der Waals surface area contributed by atoms with E-state index >= 15 is 0 Å². The Labute approximate surface area is 116 Å². The van der Waals surface area contributed by atoms with Crippen molar-refractivity contribution in [1.82, 2.24) is 0 Å². The van der Waals surface area contributed by atoms with Crippen molar-refractivity contribution in [1.29, 1.82) is 0 Å². The number of rotatable bonds is 5. The van der Waals surface area contributed by atoms with Gasteiger partial charge in [0.15, 0.2) is 0 Å². The van der Waals surface area contributed by atoms with E-state index < -0.39 is 10.9 Å². The summed E-state index contributed by atoms with van der Waals surface area (Å²) < 4.78 is 4.80. The second-order valence-electron chi connectivity index (χ2n) is 4.06. The first-order valence-corrected chi connectivity index (χ1v) is 5.97. The Morgan fingerprint density at radius 1 is 1.40 bits per heavy atom.